The Hall–Kier alpha value is -3.54. The number of anilines is 1. The van der Waals surface area contributed by atoms with E-state index in [0.29, 0.717) is 16.7 Å². The standard InChI is InChI=1S/C20H15FN4O/c1-13-5-8-17(9-6-13)25-23-18-10-7-16(12-19(18)24-25)22-20(26)14-3-2-4-15(21)11-14/h2-12H,1H3,(H,22,26). The number of carbonyl (C=O) groups is 1. The van der Waals surface area contributed by atoms with Crippen molar-refractivity contribution in [2.24, 2.45) is 0 Å². The topological polar surface area (TPSA) is 59.8 Å². The van der Waals surface area contributed by atoms with E-state index in [1.54, 1.807) is 29.1 Å². The largest absolute Gasteiger partial charge is 0.322 e. The van der Waals surface area contributed by atoms with Crippen molar-refractivity contribution in [2.75, 3.05) is 5.32 Å². The van der Waals surface area contributed by atoms with Crippen LogP contribution in [0.25, 0.3) is 16.7 Å². The summed E-state index contributed by atoms with van der Waals surface area (Å²) in [6.45, 7) is 2.02. The van der Waals surface area contributed by atoms with Crippen LogP contribution in [0.3, 0.4) is 0 Å². The molecule has 128 valence electrons. The maximum Gasteiger partial charge on any atom is 0.255 e. The van der Waals surface area contributed by atoms with Gasteiger partial charge in [0.25, 0.3) is 5.91 Å². The summed E-state index contributed by atoms with van der Waals surface area (Å²) in [5, 5.41) is 11.7. The molecule has 0 aliphatic rings. The quantitative estimate of drug-likeness (QED) is 0.607. The lowest BCUT2D eigenvalue weighted by atomic mass is 10.2. The lowest BCUT2D eigenvalue weighted by Gasteiger charge is -2.04. The first-order valence-electron chi connectivity index (χ1n) is 8.09. The average Bonchev–Trinajstić information content (AvgIpc) is 3.05. The van der Waals surface area contributed by atoms with E-state index in [1.807, 2.05) is 31.2 Å². The van der Waals surface area contributed by atoms with Crippen LogP contribution in [0.4, 0.5) is 10.1 Å². The SMILES string of the molecule is Cc1ccc(-n2nc3ccc(NC(=O)c4cccc(F)c4)cc3n2)cc1. The van der Waals surface area contributed by atoms with Crippen LogP contribution in [-0.2, 0) is 0 Å². The first kappa shape index (κ1) is 16.0. The zero-order valence-corrected chi connectivity index (χ0v) is 14.0. The van der Waals surface area contributed by atoms with E-state index in [0.717, 1.165) is 11.3 Å². The highest BCUT2D eigenvalue weighted by atomic mass is 19.1. The summed E-state index contributed by atoms with van der Waals surface area (Å²) >= 11 is 0. The highest BCUT2D eigenvalue weighted by Crippen LogP contribution is 2.18. The summed E-state index contributed by atoms with van der Waals surface area (Å²) in [6, 6.07) is 18.7. The molecule has 5 nitrogen and oxygen atoms in total. The van der Waals surface area contributed by atoms with Gasteiger partial charge >= 0.3 is 0 Å². The summed E-state index contributed by atoms with van der Waals surface area (Å²) in [6.07, 6.45) is 0. The third-order valence-electron chi connectivity index (χ3n) is 3.99. The second-order valence-corrected chi connectivity index (χ2v) is 5.99. The maximum absolute atomic E-state index is 13.3. The first-order valence-corrected chi connectivity index (χ1v) is 8.09. The number of amides is 1. The number of rotatable bonds is 3. The molecule has 0 fully saturated rings. The van der Waals surface area contributed by atoms with Crippen molar-refractivity contribution < 1.29 is 9.18 Å². The third-order valence-corrected chi connectivity index (χ3v) is 3.99. The monoisotopic (exact) mass is 346 g/mol. The van der Waals surface area contributed by atoms with Gasteiger partial charge in [-0.1, -0.05) is 23.8 Å². The third kappa shape index (κ3) is 3.17. The Morgan fingerprint density at radius 3 is 2.50 bits per heavy atom. The zero-order chi connectivity index (χ0) is 18.1. The number of aryl methyl sites for hydroxylation is 1. The van der Waals surface area contributed by atoms with Crippen LogP contribution in [0.1, 0.15) is 15.9 Å². The Morgan fingerprint density at radius 1 is 0.962 bits per heavy atom. The van der Waals surface area contributed by atoms with Crippen molar-refractivity contribution in [3.05, 3.63) is 83.7 Å². The first-order chi connectivity index (χ1) is 12.6. The van der Waals surface area contributed by atoms with Crippen LogP contribution >= 0.6 is 0 Å². The molecule has 0 unspecified atom stereocenters. The van der Waals surface area contributed by atoms with Crippen molar-refractivity contribution in [3.63, 3.8) is 0 Å². The van der Waals surface area contributed by atoms with E-state index >= 15 is 0 Å². The summed E-state index contributed by atoms with van der Waals surface area (Å²) in [5.74, 6) is -0.830. The number of hydrogen-bond acceptors (Lipinski definition) is 3. The van der Waals surface area contributed by atoms with E-state index in [1.165, 1.54) is 18.2 Å². The van der Waals surface area contributed by atoms with Crippen LogP contribution in [0, 0.1) is 12.7 Å². The molecule has 1 amide bonds. The van der Waals surface area contributed by atoms with Gasteiger partial charge in [-0.25, -0.2) is 4.39 Å². The number of fused-ring (bicyclic) bond motifs is 1. The smallest absolute Gasteiger partial charge is 0.255 e. The fourth-order valence-electron chi connectivity index (χ4n) is 2.62. The molecule has 0 atom stereocenters. The molecular weight excluding hydrogens is 331 g/mol. The molecule has 1 N–H and O–H groups in total. The van der Waals surface area contributed by atoms with Crippen molar-refractivity contribution in [2.45, 2.75) is 6.92 Å². The van der Waals surface area contributed by atoms with Gasteiger partial charge in [-0.05, 0) is 55.5 Å². The molecule has 4 aromatic rings. The molecular formula is C20H15FN4O. The van der Waals surface area contributed by atoms with Gasteiger partial charge in [0.1, 0.15) is 16.9 Å². The summed E-state index contributed by atoms with van der Waals surface area (Å²) in [4.78, 5) is 13.8. The van der Waals surface area contributed by atoms with Crippen LogP contribution in [-0.4, -0.2) is 20.9 Å². The summed E-state index contributed by atoms with van der Waals surface area (Å²) in [5.41, 5.74) is 4.22. The van der Waals surface area contributed by atoms with Crippen LogP contribution in [0.15, 0.2) is 66.7 Å². The predicted octanol–water partition coefficient (Wildman–Crippen LogP) is 4.12. The highest BCUT2D eigenvalue weighted by Gasteiger charge is 2.10. The van der Waals surface area contributed by atoms with Gasteiger partial charge in [0.15, 0.2) is 0 Å². The molecule has 0 aliphatic carbocycles. The number of nitrogens with one attached hydrogen (secondary N) is 1. The fourth-order valence-corrected chi connectivity index (χ4v) is 2.62. The number of halogens is 1. The highest BCUT2D eigenvalue weighted by molar-refractivity contribution is 6.04. The van der Waals surface area contributed by atoms with Crippen LogP contribution in [0.5, 0.6) is 0 Å². The second-order valence-electron chi connectivity index (χ2n) is 5.99. The molecule has 26 heavy (non-hydrogen) atoms. The average molecular weight is 346 g/mol. The Bertz CT molecular complexity index is 1100. The fraction of sp³-hybridized carbons (Fsp3) is 0.0500. The lowest BCUT2D eigenvalue weighted by molar-refractivity contribution is 0.102. The van der Waals surface area contributed by atoms with E-state index in [9.17, 15) is 9.18 Å². The molecule has 1 heterocycles. The molecule has 0 radical (unpaired) electrons. The molecule has 4 rings (SSSR count). The molecule has 0 bridgehead atoms. The Kier molecular flexibility index (Phi) is 3.93. The van der Waals surface area contributed by atoms with E-state index in [4.69, 9.17) is 0 Å². The van der Waals surface area contributed by atoms with E-state index < -0.39 is 5.82 Å². The summed E-state index contributed by atoms with van der Waals surface area (Å²) in [7, 11) is 0. The lowest BCUT2D eigenvalue weighted by Crippen LogP contribution is -2.11. The molecule has 0 saturated heterocycles. The number of hydrogen-bond donors (Lipinski definition) is 1. The molecule has 0 spiro atoms. The molecule has 0 aliphatic heterocycles. The van der Waals surface area contributed by atoms with Gasteiger partial charge in [-0.2, -0.15) is 4.80 Å². The predicted molar refractivity (Wildman–Crippen MR) is 98.0 cm³/mol. The molecule has 3 aromatic carbocycles. The Labute approximate surface area is 149 Å². The maximum atomic E-state index is 13.3. The minimum Gasteiger partial charge on any atom is -0.322 e. The molecule has 0 saturated carbocycles. The van der Waals surface area contributed by atoms with Gasteiger partial charge in [0.05, 0.1) is 5.69 Å². The Morgan fingerprint density at radius 2 is 1.73 bits per heavy atom. The minimum absolute atomic E-state index is 0.258. The van der Waals surface area contributed by atoms with E-state index in [-0.39, 0.29) is 11.5 Å². The Balaban J connectivity index is 1.61. The molecule has 6 heteroatoms. The van der Waals surface area contributed by atoms with Gasteiger partial charge in [-0.3, -0.25) is 4.79 Å². The van der Waals surface area contributed by atoms with Crippen molar-refractivity contribution in [1.82, 2.24) is 15.0 Å². The van der Waals surface area contributed by atoms with Crippen molar-refractivity contribution in [1.29, 1.82) is 0 Å². The number of carbonyl (C=O) groups excluding carboxylic acids is 1. The van der Waals surface area contributed by atoms with Gasteiger partial charge in [-0.15, -0.1) is 10.2 Å². The van der Waals surface area contributed by atoms with Crippen LogP contribution < -0.4 is 5.32 Å². The normalized spacial score (nSPS) is 10.8. The minimum atomic E-state index is -0.450. The summed E-state index contributed by atoms with van der Waals surface area (Å²) < 4.78 is 13.3. The molecule has 1 aromatic heterocycles. The van der Waals surface area contributed by atoms with Gasteiger partial charge in [0, 0.05) is 11.3 Å². The number of nitrogens with zero attached hydrogens (tertiary/aromatic N) is 3. The van der Waals surface area contributed by atoms with Crippen molar-refractivity contribution in [3.8, 4) is 5.69 Å². The van der Waals surface area contributed by atoms with Gasteiger partial charge in [0.2, 0.25) is 0 Å². The number of benzene rings is 3. The second kappa shape index (κ2) is 6.40. The van der Waals surface area contributed by atoms with Crippen molar-refractivity contribution >= 4 is 22.6 Å². The van der Waals surface area contributed by atoms with E-state index in [2.05, 4.69) is 15.5 Å². The number of aromatic nitrogens is 3. The zero-order valence-electron chi connectivity index (χ0n) is 14.0. The van der Waals surface area contributed by atoms with Crippen LogP contribution in [0.2, 0.25) is 0 Å². The van der Waals surface area contributed by atoms with Gasteiger partial charge < -0.3 is 5.32 Å².